The lowest BCUT2D eigenvalue weighted by molar-refractivity contribution is 0.472. The van der Waals surface area contributed by atoms with Gasteiger partial charge in [-0.15, -0.1) is 0 Å². The molecule has 0 aliphatic carbocycles. The zero-order valence-corrected chi connectivity index (χ0v) is 15.9. The van der Waals surface area contributed by atoms with E-state index in [1.165, 1.54) is 23.1 Å². The SMILES string of the molecule is Oc1ccccc1N1CCN(c2ncnc3c2cnn3-c2ccc(F)cc2F)CC1. The Hall–Kier alpha value is -3.75. The van der Waals surface area contributed by atoms with E-state index >= 15 is 0 Å². The Balaban J connectivity index is 1.44. The van der Waals surface area contributed by atoms with Crippen molar-refractivity contribution in [2.75, 3.05) is 36.0 Å². The van der Waals surface area contributed by atoms with Gasteiger partial charge in [0.2, 0.25) is 0 Å². The molecule has 0 spiro atoms. The number of aromatic nitrogens is 4. The molecule has 3 heterocycles. The minimum atomic E-state index is -0.712. The van der Waals surface area contributed by atoms with Crippen LogP contribution >= 0.6 is 0 Å². The van der Waals surface area contributed by atoms with Crippen LogP contribution < -0.4 is 9.80 Å². The molecular weight excluding hydrogens is 390 g/mol. The molecule has 5 rings (SSSR count). The third-order valence-corrected chi connectivity index (χ3v) is 5.28. The highest BCUT2D eigenvalue weighted by atomic mass is 19.1. The van der Waals surface area contributed by atoms with Crippen molar-refractivity contribution in [3.63, 3.8) is 0 Å². The van der Waals surface area contributed by atoms with E-state index in [4.69, 9.17) is 0 Å². The molecule has 1 saturated heterocycles. The first-order chi connectivity index (χ1) is 14.6. The monoisotopic (exact) mass is 408 g/mol. The van der Waals surface area contributed by atoms with Gasteiger partial charge in [0.1, 0.15) is 29.4 Å². The molecule has 1 aliphatic rings. The maximum absolute atomic E-state index is 14.3. The van der Waals surface area contributed by atoms with E-state index in [9.17, 15) is 13.9 Å². The minimum Gasteiger partial charge on any atom is -0.506 e. The quantitative estimate of drug-likeness (QED) is 0.562. The van der Waals surface area contributed by atoms with Crippen molar-refractivity contribution in [2.45, 2.75) is 0 Å². The van der Waals surface area contributed by atoms with Gasteiger partial charge in [-0.3, -0.25) is 0 Å². The number of phenols is 1. The van der Waals surface area contributed by atoms with Crippen LogP contribution in [0, 0.1) is 11.6 Å². The molecule has 152 valence electrons. The van der Waals surface area contributed by atoms with E-state index < -0.39 is 11.6 Å². The van der Waals surface area contributed by atoms with Crippen molar-refractivity contribution in [1.29, 1.82) is 0 Å². The van der Waals surface area contributed by atoms with Gasteiger partial charge in [-0.25, -0.2) is 23.4 Å². The number of phenolic OH excluding ortho intramolecular Hbond substituents is 1. The Morgan fingerprint density at radius 1 is 0.867 bits per heavy atom. The Morgan fingerprint density at radius 2 is 1.63 bits per heavy atom. The number of anilines is 2. The van der Waals surface area contributed by atoms with Gasteiger partial charge in [0.15, 0.2) is 11.5 Å². The molecule has 2 aromatic carbocycles. The predicted molar refractivity (Wildman–Crippen MR) is 109 cm³/mol. The molecule has 4 aromatic rings. The van der Waals surface area contributed by atoms with E-state index in [0.717, 1.165) is 11.8 Å². The fourth-order valence-electron chi connectivity index (χ4n) is 3.80. The number of hydrogen-bond acceptors (Lipinski definition) is 6. The molecule has 9 heteroatoms. The fraction of sp³-hybridized carbons (Fsp3) is 0.190. The molecule has 7 nitrogen and oxygen atoms in total. The van der Waals surface area contributed by atoms with Crippen LogP contribution in [0.15, 0.2) is 55.0 Å². The smallest absolute Gasteiger partial charge is 0.168 e. The molecule has 1 aliphatic heterocycles. The second-order valence-electron chi connectivity index (χ2n) is 7.05. The normalized spacial score (nSPS) is 14.5. The van der Waals surface area contributed by atoms with E-state index in [-0.39, 0.29) is 11.4 Å². The Morgan fingerprint density at radius 3 is 2.40 bits per heavy atom. The summed E-state index contributed by atoms with van der Waals surface area (Å²) in [7, 11) is 0. The summed E-state index contributed by atoms with van der Waals surface area (Å²) in [5.41, 5.74) is 1.39. The Labute approximate surface area is 170 Å². The maximum Gasteiger partial charge on any atom is 0.168 e. The van der Waals surface area contributed by atoms with E-state index in [2.05, 4.69) is 24.9 Å². The van der Waals surface area contributed by atoms with Crippen LogP contribution in [0.5, 0.6) is 5.75 Å². The van der Waals surface area contributed by atoms with Crippen molar-refractivity contribution < 1.29 is 13.9 Å². The maximum atomic E-state index is 14.3. The first-order valence-corrected chi connectivity index (χ1v) is 9.54. The number of halogens is 2. The van der Waals surface area contributed by atoms with Gasteiger partial charge < -0.3 is 14.9 Å². The summed E-state index contributed by atoms with van der Waals surface area (Å²) in [6.45, 7) is 2.81. The number of nitrogens with zero attached hydrogens (tertiary/aromatic N) is 6. The highest BCUT2D eigenvalue weighted by molar-refractivity contribution is 5.87. The molecule has 30 heavy (non-hydrogen) atoms. The van der Waals surface area contributed by atoms with Crippen LogP contribution in [-0.4, -0.2) is 51.0 Å². The standard InChI is InChI=1S/C21H18F2N6O/c22-14-5-6-17(16(23)11-14)29-21-15(12-26-29)20(24-13-25-21)28-9-7-27(8-10-28)18-3-1-2-4-19(18)30/h1-6,11-13,30H,7-10H2. The number of rotatable bonds is 3. The first kappa shape index (κ1) is 18.3. The summed E-state index contributed by atoms with van der Waals surface area (Å²) in [6, 6.07) is 10.6. The number of benzene rings is 2. The lowest BCUT2D eigenvalue weighted by atomic mass is 10.2. The lowest BCUT2D eigenvalue weighted by Crippen LogP contribution is -2.46. The minimum absolute atomic E-state index is 0.125. The van der Waals surface area contributed by atoms with Crippen LogP contribution in [0.25, 0.3) is 16.7 Å². The number of aromatic hydroxyl groups is 1. The number of fused-ring (bicyclic) bond motifs is 1. The summed E-state index contributed by atoms with van der Waals surface area (Å²) >= 11 is 0. The molecule has 0 unspecified atom stereocenters. The lowest BCUT2D eigenvalue weighted by Gasteiger charge is -2.37. The van der Waals surface area contributed by atoms with Crippen LogP contribution in [0.4, 0.5) is 20.3 Å². The highest BCUT2D eigenvalue weighted by Gasteiger charge is 2.23. The van der Waals surface area contributed by atoms with Crippen molar-refractivity contribution >= 4 is 22.5 Å². The fourth-order valence-corrected chi connectivity index (χ4v) is 3.80. The van der Waals surface area contributed by atoms with Gasteiger partial charge in [-0.1, -0.05) is 12.1 Å². The zero-order chi connectivity index (χ0) is 20.7. The molecule has 1 N–H and O–H groups in total. The first-order valence-electron chi connectivity index (χ1n) is 9.54. The van der Waals surface area contributed by atoms with Gasteiger partial charge in [-0.2, -0.15) is 5.10 Å². The zero-order valence-electron chi connectivity index (χ0n) is 15.9. The predicted octanol–water partition coefficient (Wildman–Crippen LogP) is 3.13. The summed E-state index contributed by atoms with van der Waals surface area (Å²) < 4.78 is 28.9. The van der Waals surface area contributed by atoms with Crippen LogP contribution in [0.1, 0.15) is 0 Å². The summed E-state index contributed by atoms with van der Waals surface area (Å²) in [5, 5.41) is 15.1. The van der Waals surface area contributed by atoms with Crippen molar-refractivity contribution in [1.82, 2.24) is 19.7 Å². The van der Waals surface area contributed by atoms with Crippen molar-refractivity contribution in [3.8, 4) is 11.4 Å². The average Bonchev–Trinajstić information content (AvgIpc) is 3.18. The molecule has 1 fully saturated rings. The molecule has 2 aromatic heterocycles. The van der Waals surface area contributed by atoms with Crippen LogP contribution in [0.3, 0.4) is 0 Å². The van der Waals surface area contributed by atoms with E-state index in [1.54, 1.807) is 18.3 Å². The molecule has 0 atom stereocenters. The van der Waals surface area contributed by atoms with Gasteiger partial charge in [-0.05, 0) is 24.3 Å². The van der Waals surface area contributed by atoms with Gasteiger partial charge in [0.05, 0.1) is 17.3 Å². The molecular formula is C21H18F2N6O. The molecule has 0 saturated carbocycles. The second kappa shape index (κ2) is 7.25. The molecule has 0 radical (unpaired) electrons. The third kappa shape index (κ3) is 3.08. The van der Waals surface area contributed by atoms with Crippen LogP contribution in [0.2, 0.25) is 0 Å². The van der Waals surface area contributed by atoms with E-state index in [0.29, 0.717) is 43.0 Å². The highest BCUT2D eigenvalue weighted by Crippen LogP contribution is 2.30. The number of hydrogen-bond donors (Lipinski definition) is 1. The van der Waals surface area contributed by atoms with Gasteiger partial charge in [0.25, 0.3) is 0 Å². The third-order valence-electron chi connectivity index (χ3n) is 5.28. The Kier molecular flexibility index (Phi) is 4.42. The number of piperazine rings is 1. The molecule has 0 amide bonds. The second-order valence-corrected chi connectivity index (χ2v) is 7.05. The van der Waals surface area contributed by atoms with Crippen LogP contribution in [-0.2, 0) is 0 Å². The summed E-state index contributed by atoms with van der Waals surface area (Å²) in [5.74, 6) is -0.384. The van der Waals surface area contributed by atoms with Gasteiger partial charge >= 0.3 is 0 Å². The average molecular weight is 408 g/mol. The topological polar surface area (TPSA) is 70.3 Å². The van der Waals surface area contributed by atoms with Crippen molar-refractivity contribution in [2.24, 2.45) is 0 Å². The molecule has 0 bridgehead atoms. The number of para-hydroxylation sites is 2. The van der Waals surface area contributed by atoms with Gasteiger partial charge in [0, 0.05) is 32.2 Å². The summed E-state index contributed by atoms with van der Waals surface area (Å²) in [6.07, 6.45) is 3.02. The Bertz CT molecular complexity index is 1220. The summed E-state index contributed by atoms with van der Waals surface area (Å²) in [4.78, 5) is 12.9. The van der Waals surface area contributed by atoms with E-state index in [1.807, 2.05) is 12.1 Å². The largest absolute Gasteiger partial charge is 0.506 e. The van der Waals surface area contributed by atoms with Crippen molar-refractivity contribution in [3.05, 3.63) is 66.6 Å².